The molecule has 0 unspecified atom stereocenters. The molecule has 106 valence electrons. The van der Waals surface area contributed by atoms with E-state index in [1.165, 1.54) is 13.2 Å². The van der Waals surface area contributed by atoms with Crippen molar-refractivity contribution in [3.05, 3.63) is 40.2 Å². The Morgan fingerprint density at radius 2 is 2.25 bits per heavy atom. The third-order valence-corrected chi connectivity index (χ3v) is 3.00. The summed E-state index contributed by atoms with van der Waals surface area (Å²) in [6.45, 7) is 2.08. The summed E-state index contributed by atoms with van der Waals surface area (Å²) >= 11 is 5.93. The fourth-order valence-electron chi connectivity index (χ4n) is 1.66. The van der Waals surface area contributed by atoms with Crippen LogP contribution in [0.2, 0.25) is 5.02 Å². The van der Waals surface area contributed by atoms with E-state index in [0.717, 1.165) is 5.56 Å². The van der Waals surface area contributed by atoms with Crippen LogP contribution >= 0.6 is 11.6 Å². The number of carbonyl (C=O) groups excluding carboxylic acids is 1. The minimum atomic E-state index is -0.389. The van der Waals surface area contributed by atoms with Gasteiger partial charge in [-0.15, -0.1) is 0 Å². The van der Waals surface area contributed by atoms with Crippen molar-refractivity contribution in [2.24, 2.45) is 0 Å². The molecule has 2 aromatic rings. The number of anilines is 2. The SMILES string of the molecule is COCc1cc(C(=O)Nc2cc(Cl)c(N)cc2C)no1. The van der Waals surface area contributed by atoms with Crippen molar-refractivity contribution >= 4 is 28.9 Å². The molecule has 3 N–H and O–H groups in total. The van der Waals surface area contributed by atoms with E-state index in [0.29, 0.717) is 22.2 Å². The second-order valence-electron chi connectivity index (χ2n) is 4.25. The molecule has 0 aliphatic rings. The van der Waals surface area contributed by atoms with Gasteiger partial charge >= 0.3 is 0 Å². The van der Waals surface area contributed by atoms with E-state index in [1.54, 1.807) is 12.1 Å². The van der Waals surface area contributed by atoms with Crippen LogP contribution in [0.25, 0.3) is 0 Å². The molecule has 7 heteroatoms. The molecule has 0 bridgehead atoms. The summed E-state index contributed by atoms with van der Waals surface area (Å²) in [5.74, 6) is 0.0877. The van der Waals surface area contributed by atoms with Crippen molar-refractivity contribution in [2.75, 3.05) is 18.2 Å². The molecule has 6 nitrogen and oxygen atoms in total. The van der Waals surface area contributed by atoms with E-state index in [-0.39, 0.29) is 18.2 Å². The number of ether oxygens (including phenoxy) is 1. The van der Waals surface area contributed by atoms with E-state index >= 15 is 0 Å². The molecular formula is C13H14ClN3O3. The Balaban J connectivity index is 2.16. The molecule has 1 heterocycles. The van der Waals surface area contributed by atoms with Crippen LogP contribution in [0.1, 0.15) is 21.8 Å². The van der Waals surface area contributed by atoms with Gasteiger partial charge in [-0.25, -0.2) is 0 Å². The molecule has 1 aromatic heterocycles. The molecule has 0 atom stereocenters. The van der Waals surface area contributed by atoms with Gasteiger partial charge < -0.3 is 20.3 Å². The molecular weight excluding hydrogens is 282 g/mol. The average Bonchev–Trinajstić information content (AvgIpc) is 2.85. The van der Waals surface area contributed by atoms with Gasteiger partial charge in [-0.1, -0.05) is 16.8 Å². The van der Waals surface area contributed by atoms with Gasteiger partial charge in [-0.05, 0) is 24.6 Å². The van der Waals surface area contributed by atoms with Gasteiger partial charge in [0, 0.05) is 18.9 Å². The van der Waals surface area contributed by atoms with E-state index in [4.69, 9.17) is 26.6 Å². The van der Waals surface area contributed by atoms with E-state index in [9.17, 15) is 4.79 Å². The summed E-state index contributed by atoms with van der Waals surface area (Å²) in [4.78, 5) is 12.0. The lowest BCUT2D eigenvalue weighted by molar-refractivity contribution is 0.101. The van der Waals surface area contributed by atoms with Crippen LogP contribution in [0.15, 0.2) is 22.7 Å². The first-order chi connectivity index (χ1) is 9.51. The number of nitrogens with two attached hydrogens (primary N) is 1. The predicted octanol–water partition coefficient (Wildman–Crippen LogP) is 2.62. The zero-order chi connectivity index (χ0) is 14.7. The van der Waals surface area contributed by atoms with Crippen molar-refractivity contribution in [3.8, 4) is 0 Å². The lowest BCUT2D eigenvalue weighted by atomic mass is 10.1. The molecule has 0 aliphatic heterocycles. The van der Waals surface area contributed by atoms with E-state index in [2.05, 4.69) is 10.5 Å². The molecule has 0 saturated carbocycles. The summed E-state index contributed by atoms with van der Waals surface area (Å²) in [5, 5.41) is 6.76. The van der Waals surface area contributed by atoms with Gasteiger partial charge in [0.25, 0.3) is 5.91 Å². The molecule has 1 aromatic carbocycles. The molecule has 0 spiro atoms. The summed E-state index contributed by atoms with van der Waals surface area (Å²) in [6, 6.07) is 4.81. The van der Waals surface area contributed by atoms with Gasteiger partial charge in [0.1, 0.15) is 6.61 Å². The summed E-state index contributed by atoms with van der Waals surface area (Å²) < 4.78 is 9.85. The number of nitrogens with zero attached hydrogens (tertiary/aromatic N) is 1. The highest BCUT2D eigenvalue weighted by atomic mass is 35.5. The number of rotatable bonds is 4. The quantitative estimate of drug-likeness (QED) is 0.846. The fraction of sp³-hybridized carbons (Fsp3) is 0.231. The third-order valence-electron chi connectivity index (χ3n) is 2.67. The number of hydrogen-bond donors (Lipinski definition) is 2. The van der Waals surface area contributed by atoms with Crippen LogP contribution in [0.3, 0.4) is 0 Å². The molecule has 2 rings (SSSR count). The number of aromatic nitrogens is 1. The highest BCUT2D eigenvalue weighted by molar-refractivity contribution is 6.33. The smallest absolute Gasteiger partial charge is 0.277 e. The van der Waals surface area contributed by atoms with E-state index in [1.807, 2.05) is 6.92 Å². The second kappa shape index (κ2) is 5.94. The fourth-order valence-corrected chi connectivity index (χ4v) is 1.82. The maximum Gasteiger partial charge on any atom is 0.277 e. The Morgan fingerprint density at radius 3 is 2.95 bits per heavy atom. The molecule has 0 aliphatic carbocycles. The summed E-state index contributed by atoms with van der Waals surface area (Å²) in [5.41, 5.74) is 7.70. The lowest BCUT2D eigenvalue weighted by Gasteiger charge is -2.09. The molecule has 0 fully saturated rings. The Hall–Kier alpha value is -2.05. The maximum atomic E-state index is 12.0. The number of aryl methyl sites for hydroxylation is 1. The van der Waals surface area contributed by atoms with Crippen LogP contribution in [-0.2, 0) is 11.3 Å². The number of amides is 1. The van der Waals surface area contributed by atoms with Gasteiger partial charge in [-0.2, -0.15) is 0 Å². The zero-order valence-electron chi connectivity index (χ0n) is 11.1. The number of halogens is 1. The number of benzene rings is 1. The highest BCUT2D eigenvalue weighted by Crippen LogP contribution is 2.27. The van der Waals surface area contributed by atoms with Crippen molar-refractivity contribution in [2.45, 2.75) is 13.5 Å². The Labute approximate surface area is 120 Å². The van der Waals surface area contributed by atoms with E-state index < -0.39 is 0 Å². The normalized spacial score (nSPS) is 10.6. The van der Waals surface area contributed by atoms with Crippen LogP contribution in [0.5, 0.6) is 0 Å². The van der Waals surface area contributed by atoms with Crippen LogP contribution in [0, 0.1) is 6.92 Å². The number of methoxy groups -OCH3 is 1. The summed E-state index contributed by atoms with van der Waals surface area (Å²) in [7, 11) is 1.53. The van der Waals surface area contributed by atoms with Gasteiger partial charge in [0.2, 0.25) is 0 Å². The number of hydrogen-bond acceptors (Lipinski definition) is 5. The minimum absolute atomic E-state index is 0.171. The number of nitrogen functional groups attached to an aromatic ring is 1. The topological polar surface area (TPSA) is 90.4 Å². The maximum absolute atomic E-state index is 12.0. The zero-order valence-corrected chi connectivity index (χ0v) is 11.8. The molecule has 20 heavy (non-hydrogen) atoms. The van der Waals surface area contributed by atoms with Crippen LogP contribution < -0.4 is 11.1 Å². The molecule has 0 radical (unpaired) electrons. The third kappa shape index (κ3) is 3.09. The monoisotopic (exact) mass is 295 g/mol. The van der Waals surface area contributed by atoms with Gasteiger partial charge in [0.05, 0.1) is 10.7 Å². The van der Waals surface area contributed by atoms with Crippen molar-refractivity contribution in [3.63, 3.8) is 0 Å². The Morgan fingerprint density at radius 1 is 1.50 bits per heavy atom. The van der Waals surface area contributed by atoms with Gasteiger partial charge in [0.15, 0.2) is 11.5 Å². The predicted molar refractivity (Wildman–Crippen MR) is 75.8 cm³/mol. The van der Waals surface area contributed by atoms with Crippen molar-refractivity contribution < 1.29 is 14.1 Å². The average molecular weight is 296 g/mol. The Bertz CT molecular complexity index is 640. The lowest BCUT2D eigenvalue weighted by Crippen LogP contribution is -2.13. The van der Waals surface area contributed by atoms with Crippen molar-refractivity contribution in [1.82, 2.24) is 5.16 Å². The number of carbonyl (C=O) groups is 1. The van der Waals surface area contributed by atoms with Crippen LogP contribution in [-0.4, -0.2) is 18.2 Å². The first kappa shape index (κ1) is 14.4. The first-order valence-electron chi connectivity index (χ1n) is 5.82. The standard InChI is InChI=1S/C13H14ClN3O3/c1-7-3-10(15)9(14)5-11(7)16-13(18)12-4-8(6-19-2)20-17-12/h3-5H,6,15H2,1-2H3,(H,16,18). The molecule has 1 amide bonds. The highest BCUT2D eigenvalue weighted by Gasteiger charge is 2.14. The number of nitrogens with one attached hydrogen (secondary N) is 1. The van der Waals surface area contributed by atoms with Crippen LogP contribution in [0.4, 0.5) is 11.4 Å². The Kier molecular flexibility index (Phi) is 4.26. The first-order valence-corrected chi connectivity index (χ1v) is 6.20. The molecule has 0 saturated heterocycles. The largest absolute Gasteiger partial charge is 0.398 e. The summed E-state index contributed by atoms with van der Waals surface area (Å²) in [6.07, 6.45) is 0. The van der Waals surface area contributed by atoms with Gasteiger partial charge in [-0.3, -0.25) is 4.79 Å². The minimum Gasteiger partial charge on any atom is -0.398 e. The second-order valence-corrected chi connectivity index (χ2v) is 4.66. The van der Waals surface area contributed by atoms with Crippen molar-refractivity contribution in [1.29, 1.82) is 0 Å².